The highest BCUT2D eigenvalue weighted by molar-refractivity contribution is 7.09. The lowest BCUT2D eigenvalue weighted by Gasteiger charge is -2.11. The standard InChI is InChI=1S/C12H15N7S/c1-7(2)12-14-9(6-20-12)8(3)13-10-4-5-11-15-17-18-19(11)16-10/h4-8H,1-3H3,(H,13,16)/t8-/m1/s1. The van der Waals surface area contributed by atoms with Gasteiger partial charge >= 0.3 is 0 Å². The average molecular weight is 289 g/mol. The molecule has 1 N–H and O–H groups in total. The van der Waals surface area contributed by atoms with Crippen molar-refractivity contribution in [2.24, 2.45) is 0 Å². The van der Waals surface area contributed by atoms with E-state index in [0.29, 0.717) is 11.6 Å². The van der Waals surface area contributed by atoms with Gasteiger partial charge < -0.3 is 5.32 Å². The molecule has 3 aromatic heterocycles. The third-order valence-electron chi connectivity index (χ3n) is 2.91. The van der Waals surface area contributed by atoms with E-state index in [-0.39, 0.29) is 6.04 Å². The maximum atomic E-state index is 4.64. The van der Waals surface area contributed by atoms with Crippen molar-refractivity contribution in [3.63, 3.8) is 0 Å². The molecule has 0 aliphatic rings. The Morgan fingerprint density at radius 1 is 1.25 bits per heavy atom. The van der Waals surface area contributed by atoms with E-state index in [1.54, 1.807) is 11.3 Å². The predicted molar refractivity (Wildman–Crippen MR) is 76.8 cm³/mol. The Bertz CT molecular complexity index is 717. The highest BCUT2D eigenvalue weighted by Crippen LogP contribution is 2.24. The number of hydrogen-bond acceptors (Lipinski definition) is 7. The fourth-order valence-corrected chi connectivity index (χ4v) is 2.72. The van der Waals surface area contributed by atoms with Gasteiger partial charge in [0, 0.05) is 11.3 Å². The third-order valence-corrected chi connectivity index (χ3v) is 4.07. The number of aromatic nitrogens is 6. The van der Waals surface area contributed by atoms with E-state index in [1.807, 2.05) is 12.1 Å². The Balaban J connectivity index is 1.78. The lowest BCUT2D eigenvalue weighted by Crippen LogP contribution is -2.10. The molecule has 0 aliphatic carbocycles. The second-order valence-corrected chi connectivity index (χ2v) is 5.77. The van der Waals surface area contributed by atoms with Crippen LogP contribution in [0.2, 0.25) is 0 Å². The van der Waals surface area contributed by atoms with Gasteiger partial charge in [-0.2, -0.15) is 0 Å². The van der Waals surface area contributed by atoms with Crippen molar-refractivity contribution in [3.8, 4) is 0 Å². The summed E-state index contributed by atoms with van der Waals surface area (Å²) >= 11 is 1.69. The smallest absolute Gasteiger partial charge is 0.200 e. The normalized spacial score (nSPS) is 13.0. The lowest BCUT2D eigenvalue weighted by molar-refractivity contribution is 0.725. The zero-order valence-corrected chi connectivity index (χ0v) is 12.3. The molecule has 20 heavy (non-hydrogen) atoms. The summed E-state index contributed by atoms with van der Waals surface area (Å²) in [5.41, 5.74) is 1.65. The van der Waals surface area contributed by atoms with Crippen molar-refractivity contribution in [2.45, 2.75) is 32.7 Å². The first-order valence-corrected chi connectivity index (χ1v) is 7.28. The molecule has 7 nitrogen and oxygen atoms in total. The van der Waals surface area contributed by atoms with Crippen LogP contribution in [0.15, 0.2) is 17.5 Å². The van der Waals surface area contributed by atoms with Gasteiger partial charge in [0.2, 0.25) is 0 Å². The molecule has 3 aromatic rings. The fraction of sp³-hybridized carbons (Fsp3) is 0.417. The molecule has 104 valence electrons. The van der Waals surface area contributed by atoms with Gasteiger partial charge in [0.15, 0.2) is 5.65 Å². The first-order valence-electron chi connectivity index (χ1n) is 6.41. The van der Waals surface area contributed by atoms with E-state index in [1.165, 1.54) is 4.63 Å². The van der Waals surface area contributed by atoms with Crippen molar-refractivity contribution in [1.29, 1.82) is 0 Å². The van der Waals surface area contributed by atoms with Crippen LogP contribution in [0.5, 0.6) is 0 Å². The lowest BCUT2D eigenvalue weighted by atomic mass is 10.2. The number of thiazole rings is 1. The van der Waals surface area contributed by atoms with E-state index >= 15 is 0 Å². The minimum atomic E-state index is 0.0835. The van der Waals surface area contributed by atoms with Crippen molar-refractivity contribution >= 4 is 22.8 Å². The Hall–Kier alpha value is -2.09. The summed E-state index contributed by atoms with van der Waals surface area (Å²) in [6.07, 6.45) is 0. The zero-order chi connectivity index (χ0) is 14.1. The van der Waals surface area contributed by atoms with Crippen LogP contribution < -0.4 is 5.32 Å². The number of hydrogen-bond donors (Lipinski definition) is 1. The summed E-state index contributed by atoms with van der Waals surface area (Å²) in [6.45, 7) is 6.35. The van der Waals surface area contributed by atoms with E-state index in [2.05, 4.69) is 57.1 Å². The van der Waals surface area contributed by atoms with Crippen molar-refractivity contribution in [3.05, 3.63) is 28.2 Å². The van der Waals surface area contributed by atoms with Crippen molar-refractivity contribution < 1.29 is 0 Å². The fourth-order valence-electron chi connectivity index (χ4n) is 1.79. The molecule has 0 unspecified atom stereocenters. The summed E-state index contributed by atoms with van der Waals surface area (Å²) in [5.74, 6) is 1.17. The van der Waals surface area contributed by atoms with Crippen LogP contribution in [-0.4, -0.2) is 30.2 Å². The molecule has 3 heterocycles. The quantitative estimate of drug-likeness (QED) is 0.793. The summed E-state index contributed by atoms with van der Waals surface area (Å²) < 4.78 is 1.40. The number of fused-ring (bicyclic) bond motifs is 1. The van der Waals surface area contributed by atoms with Crippen LogP contribution in [0.3, 0.4) is 0 Å². The number of tetrazole rings is 1. The molecular formula is C12H15N7S. The van der Waals surface area contributed by atoms with Gasteiger partial charge in [0.05, 0.1) is 16.7 Å². The Morgan fingerprint density at radius 2 is 2.10 bits per heavy atom. The molecule has 0 saturated carbocycles. The summed E-state index contributed by atoms with van der Waals surface area (Å²) in [4.78, 5) is 4.64. The second kappa shape index (κ2) is 5.12. The highest BCUT2D eigenvalue weighted by atomic mass is 32.1. The number of anilines is 1. The molecule has 0 bridgehead atoms. The van der Waals surface area contributed by atoms with Gasteiger partial charge in [-0.3, -0.25) is 0 Å². The molecule has 0 saturated heterocycles. The van der Waals surface area contributed by atoms with Crippen LogP contribution >= 0.6 is 11.3 Å². The summed E-state index contributed by atoms with van der Waals surface area (Å²) in [6, 6.07) is 3.76. The molecule has 0 aromatic carbocycles. The third kappa shape index (κ3) is 2.46. The first kappa shape index (κ1) is 12.9. The van der Waals surface area contributed by atoms with Crippen LogP contribution in [0, 0.1) is 0 Å². The molecule has 3 rings (SSSR count). The molecule has 1 atom stereocenters. The van der Waals surface area contributed by atoms with E-state index in [9.17, 15) is 0 Å². The molecule has 0 amide bonds. The zero-order valence-electron chi connectivity index (χ0n) is 11.5. The van der Waals surface area contributed by atoms with Crippen LogP contribution in [0.1, 0.15) is 43.4 Å². The number of nitrogens with one attached hydrogen (secondary N) is 1. The minimum Gasteiger partial charge on any atom is -0.360 e. The van der Waals surface area contributed by atoms with Crippen molar-refractivity contribution in [2.75, 3.05) is 5.32 Å². The Labute approximate surface area is 120 Å². The predicted octanol–water partition coefficient (Wildman–Crippen LogP) is 2.27. The van der Waals surface area contributed by atoms with Crippen LogP contribution in [0.4, 0.5) is 5.82 Å². The maximum absolute atomic E-state index is 4.64. The maximum Gasteiger partial charge on any atom is 0.200 e. The minimum absolute atomic E-state index is 0.0835. The monoisotopic (exact) mass is 289 g/mol. The van der Waals surface area contributed by atoms with Gasteiger partial charge in [-0.15, -0.1) is 26.2 Å². The molecular weight excluding hydrogens is 274 g/mol. The van der Waals surface area contributed by atoms with Crippen molar-refractivity contribution in [1.82, 2.24) is 30.2 Å². The van der Waals surface area contributed by atoms with Gasteiger partial charge in [0.25, 0.3) is 0 Å². The van der Waals surface area contributed by atoms with E-state index < -0.39 is 0 Å². The Morgan fingerprint density at radius 3 is 2.85 bits per heavy atom. The van der Waals surface area contributed by atoms with Crippen LogP contribution in [0.25, 0.3) is 5.65 Å². The van der Waals surface area contributed by atoms with Gasteiger partial charge in [-0.25, -0.2) is 4.98 Å². The summed E-state index contributed by atoms with van der Waals surface area (Å²) in [5, 5.41) is 22.0. The SMILES string of the molecule is CC(C)c1nc([C@@H](C)Nc2ccc3nnnn3n2)cs1. The molecule has 0 spiro atoms. The topological polar surface area (TPSA) is 80.9 Å². The number of rotatable bonds is 4. The number of nitrogens with zero attached hydrogens (tertiary/aromatic N) is 6. The summed E-state index contributed by atoms with van der Waals surface area (Å²) in [7, 11) is 0. The van der Waals surface area contributed by atoms with E-state index in [0.717, 1.165) is 16.5 Å². The first-order chi connectivity index (χ1) is 9.63. The van der Waals surface area contributed by atoms with Crippen LogP contribution in [-0.2, 0) is 0 Å². The highest BCUT2D eigenvalue weighted by Gasteiger charge is 2.12. The molecule has 8 heteroatoms. The molecule has 0 radical (unpaired) electrons. The molecule has 0 fully saturated rings. The Kier molecular flexibility index (Phi) is 3.31. The largest absolute Gasteiger partial charge is 0.360 e. The van der Waals surface area contributed by atoms with Gasteiger partial charge in [-0.1, -0.05) is 13.8 Å². The average Bonchev–Trinajstić information content (AvgIpc) is 3.07. The van der Waals surface area contributed by atoms with E-state index in [4.69, 9.17) is 0 Å². The molecule has 0 aliphatic heterocycles. The van der Waals surface area contributed by atoms with Gasteiger partial charge in [0.1, 0.15) is 5.82 Å². The second-order valence-electron chi connectivity index (χ2n) is 4.88. The van der Waals surface area contributed by atoms with Gasteiger partial charge in [-0.05, 0) is 29.5 Å².